The molecule has 7 heteroatoms. The molecule has 0 spiro atoms. The number of aliphatic hydroxyl groups is 1. The van der Waals surface area contributed by atoms with Crippen LogP contribution in [0.2, 0.25) is 0 Å². The molecule has 7 nitrogen and oxygen atoms in total. The van der Waals surface area contributed by atoms with E-state index in [1.807, 2.05) is 52.6 Å². The molecule has 34 heavy (non-hydrogen) atoms. The lowest BCUT2D eigenvalue weighted by Crippen LogP contribution is -2.40. The predicted octanol–water partition coefficient (Wildman–Crippen LogP) is 4.60. The van der Waals surface area contributed by atoms with Crippen molar-refractivity contribution in [2.24, 2.45) is 0 Å². The maximum Gasteiger partial charge on any atom is 0.258 e. The minimum Gasteiger partial charge on any atom is -0.390 e. The summed E-state index contributed by atoms with van der Waals surface area (Å²) >= 11 is 0. The molecule has 0 amide bonds. The zero-order valence-electron chi connectivity index (χ0n) is 19.8. The molecule has 3 N–H and O–H groups in total. The lowest BCUT2D eigenvalue weighted by molar-refractivity contribution is -0.0335. The van der Waals surface area contributed by atoms with Crippen LogP contribution in [0.3, 0.4) is 0 Å². The monoisotopic (exact) mass is 457 g/mol. The number of nitrogen functional groups attached to an aromatic ring is 1. The van der Waals surface area contributed by atoms with Crippen molar-refractivity contribution in [1.82, 2.24) is 18.9 Å². The second-order valence-electron chi connectivity index (χ2n) is 10.8. The highest BCUT2D eigenvalue weighted by molar-refractivity contribution is 5.91. The van der Waals surface area contributed by atoms with E-state index < -0.39 is 5.60 Å². The van der Waals surface area contributed by atoms with Crippen molar-refractivity contribution in [2.75, 3.05) is 5.73 Å². The number of imidazole rings is 1. The molecule has 6 rings (SSSR count). The van der Waals surface area contributed by atoms with Gasteiger partial charge in [-0.05, 0) is 57.0 Å². The summed E-state index contributed by atoms with van der Waals surface area (Å²) < 4.78 is 3.94. The molecule has 2 fully saturated rings. The molecular weight excluding hydrogens is 426 g/mol. The molecule has 0 radical (unpaired) electrons. The number of nitrogens with zero attached hydrogens (tertiary/aromatic N) is 4. The van der Waals surface area contributed by atoms with Gasteiger partial charge in [-0.2, -0.15) is 0 Å². The van der Waals surface area contributed by atoms with Gasteiger partial charge >= 0.3 is 0 Å². The first-order valence-corrected chi connectivity index (χ1v) is 12.3. The Morgan fingerprint density at radius 2 is 1.85 bits per heavy atom. The average Bonchev–Trinajstić information content (AvgIpc) is 3.18. The van der Waals surface area contributed by atoms with Crippen molar-refractivity contribution in [3.63, 3.8) is 0 Å². The summed E-state index contributed by atoms with van der Waals surface area (Å²) in [5.41, 5.74) is 7.91. The van der Waals surface area contributed by atoms with E-state index in [0.717, 1.165) is 53.7 Å². The minimum absolute atomic E-state index is 0.0497. The van der Waals surface area contributed by atoms with E-state index in [4.69, 9.17) is 10.7 Å². The molecule has 4 aromatic rings. The molecule has 0 unspecified atom stereocenters. The summed E-state index contributed by atoms with van der Waals surface area (Å²) in [6.45, 7) is 4.07. The Hall–Kier alpha value is -3.19. The fourth-order valence-electron chi connectivity index (χ4n) is 6.13. The third-order valence-corrected chi connectivity index (χ3v) is 8.04. The van der Waals surface area contributed by atoms with Crippen molar-refractivity contribution in [3.8, 4) is 11.3 Å². The molecule has 0 saturated heterocycles. The van der Waals surface area contributed by atoms with E-state index in [0.29, 0.717) is 24.0 Å². The molecule has 0 bridgehead atoms. The second-order valence-corrected chi connectivity index (χ2v) is 10.8. The van der Waals surface area contributed by atoms with Crippen molar-refractivity contribution in [2.45, 2.75) is 75.9 Å². The minimum atomic E-state index is -0.654. The smallest absolute Gasteiger partial charge is 0.258 e. The second kappa shape index (κ2) is 7.40. The van der Waals surface area contributed by atoms with Crippen LogP contribution in [0.25, 0.3) is 27.5 Å². The maximum atomic E-state index is 13.7. The Morgan fingerprint density at radius 3 is 2.59 bits per heavy atom. The zero-order chi connectivity index (χ0) is 23.7. The van der Waals surface area contributed by atoms with E-state index in [1.54, 1.807) is 6.20 Å². The molecule has 3 aromatic heterocycles. The van der Waals surface area contributed by atoms with E-state index in [-0.39, 0.29) is 17.0 Å². The third-order valence-electron chi connectivity index (χ3n) is 8.04. The summed E-state index contributed by atoms with van der Waals surface area (Å²) in [6, 6.07) is 7.99. The van der Waals surface area contributed by atoms with Crippen LogP contribution in [0, 0.1) is 0 Å². The predicted molar refractivity (Wildman–Crippen MR) is 134 cm³/mol. The van der Waals surface area contributed by atoms with Gasteiger partial charge in [0.15, 0.2) is 0 Å². The summed E-state index contributed by atoms with van der Waals surface area (Å²) in [5, 5.41) is 11.9. The average molecular weight is 458 g/mol. The number of benzene rings is 1. The molecule has 176 valence electrons. The van der Waals surface area contributed by atoms with Gasteiger partial charge in [0.05, 0.1) is 5.60 Å². The van der Waals surface area contributed by atoms with Crippen molar-refractivity contribution in [1.29, 1.82) is 0 Å². The maximum absolute atomic E-state index is 13.7. The van der Waals surface area contributed by atoms with E-state index in [2.05, 4.69) is 11.9 Å². The lowest BCUT2D eigenvalue weighted by atomic mass is 9.72. The van der Waals surface area contributed by atoms with Crippen LogP contribution in [-0.2, 0) is 5.54 Å². The topological polar surface area (TPSA) is 98.4 Å². The van der Waals surface area contributed by atoms with Crippen LogP contribution in [-0.4, -0.2) is 29.6 Å². The number of nitrogens with two attached hydrogens (primary N) is 1. The highest BCUT2D eigenvalue weighted by Crippen LogP contribution is 2.45. The lowest BCUT2D eigenvalue weighted by Gasteiger charge is -2.40. The summed E-state index contributed by atoms with van der Waals surface area (Å²) in [7, 11) is 0. The number of anilines is 1. The molecule has 3 heterocycles. The van der Waals surface area contributed by atoms with E-state index in [1.165, 1.54) is 6.42 Å². The van der Waals surface area contributed by atoms with Crippen molar-refractivity contribution in [3.05, 3.63) is 59.0 Å². The van der Waals surface area contributed by atoms with Gasteiger partial charge in [-0.1, -0.05) is 31.4 Å². The summed E-state index contributed by atoms with van der Waals surface area (Å²) in [4.78, 5) is 23.0. The third kappa shape index (κ3) is 3.25. The Bertz CT molecular complexity index is 1470. The van der Waals surface area contributed by atoms with Gasteiger partial charge in [0.25, 0.3) is 5.56 Å². The van der Waals surface area contributed by atoms with Gasteiger partial charge in [0.1, 0.15) is 22.9 Å². The van der Waals surface area contributed by atoms with Gasteiger partial charge in [-0.15, -0.1) is 0 Å². The standard InChI is InChI=1S/C27H31N5O2/c1-26(9-4-3-5-10-26)32-12-8-17-6-7-18(14-20(17)25(32)33)21-22-23(28)29-11-13-31(22)24(30-21)19-15-27(2,34)16-19/h6-8,11-14,19,34H,3-5,9-10,15-16H2,1-2H3,(H2,28,29). The Kier molecular flexibility index (Phi) is 4.65. The Balaban J connectivity index is 1.51. The van der Waals surface area contributed by atoms with E-state index in [9.17, 15) is 9.90 Å². The fraction of sp³-hybridized carbons (Fsp3) is 0.444. The van der Waals surface area contributed by atoms with Crippen LogP contribution >= 0.6 is 0 Å². The Morgan fingerprint density at radius 1 is 1.09 bits per heavy atom. The SMILES string of the molecule is CC1(O)CC(c2nc(-c3ccc4ccn(C5(C)CCCCC5)c(=O)c4c3)c3c(N)nccn23)C1. The van der Waals surface area contributed by atoms with Crippen LogP contribution in [0.1, 0.15) is 70.5 Å². The van der Waals surface area contributed by atoms with Crippen LogP contribution in [0.5, 0.6) is 0 Å². The first-order chi connectivity index (χ1) is 16.3. The number of hydrogen-bond donors (Lipinski definition) is 2. The molecule has 2 aliphatic rings. The van der Waals surface area contributed by atoms with Gasteiger partial charge in [0, 0.05) is 41.0 Å². The number of hydrogen-bond acceptors (Lipinski definition) is 5. The highest BCUT2D eigenvalue weighted by Gasteiger charge is 2.41. The van der Waals surface area contributed by atoms with Crippen LogP contribution in [0.4, 0.5) is 5.82 Å². The molecule has 1 aromatic carbocycles. The molecule has 2 aliphatic carbocycles. The van der Waals surface area contributed by atoms with Crippen molar-refractivity contribution >= 4 is 22.1 Å². The van der Waals surface area contributed by atoms with Crippen LogP contribution in [0.15, 0.2) is 47.7 Å². The normalized spacial score (nSPS) is 24.4. The fourth-order valence-corrected chi connectivity index (χ4v) is 6.13. The molecular formula is C27H31N5O2. The van der Waals surface area contributed by atoms with Gasteiger partial charge < -0.3 is 15.4 Å². The molecule has 0 atom stereocenters. The summed E-state index contributed by atoms with van der Waals surface area (Å²) in [5.74, 6) is 1.44. The van der Waals surface area contributed by atoms with Crippen LogP contribution < -0.4 is 11.3 Å². The quantitative estimate of drug-likeness (QED) is 0.468. The van der Waals surface area contributed by atoms with Gasteiger partial charge in [-0.3, -0.25) is 9.20 Å². The number of rotatable bonds is 3. The number of pyridine rings is 1. The van der Waals surface area contributed by atoms with Gasteiger partial charge in [0.2, 0.25) is 0 Å². The Labute approximate surface area is 198 Å². The summed E-state index contributed by atoms with van der Waals surface area (Å²) in [6.07, 6.45) is 12.5. The molecule has 2 saturated carbocycles. The van der Waals surface area contributed by atoms with Gasteiger partial charge in [-0.25, -0.2) is 9.97 Å². The zero-order valence-corrected chi connectivity index (χ0v) is 19.8. The molecule has 0 aliphatic heterocycles. The first kappa shape index (κ1) is 21.4. The largest absolute Gasteiger partial charge is 0.390 e. The highest BCUT2D eigenvalue weighted by atomic mass is 16.3. The number of aromatic nitrogens is 4. The first-order valence-electron chi connectivity index (χ1n) is 12.3. The number of fused-ring (bicyclic) bond motifs is 2. The van der Waals surface area contributed by atoms with E-state index >= 15 is 0 Å². The van der Waals surface area contributed by atoms with Crippen molar-refractivity contribution < 1.29 is 5.11 Å².